The first kappa shape index (κ1) is 18.3. The van der Waals surface area contributed by atoms with E-state index in [0.717, 1.165) is 55.5 Å². The van der Waals surface area contributed by atoms with Crippen LogP contribution in [0.25, 0.3) is 0 Å². The van der Waals surface area contributed by atoms with Crippen molar-refractivity contribution in [2.45, 2.75) is 63.9 Å². The summed E-state index contributed by atoms with van der Waals surface area (Å²) in [6, 6.07) is 7.46. The van der Waals surface area contributed by atoms with Crippen molar-refractivity contribution < 1.29 is 14.3 Å². The number of ether oxygens (including phenoxy) is 1. The number of rotatable bonds is 3. The molecule has 1 fully saturated rings. The Morgan fingerprint density at radius 1 is 1.15 bits per heavy atom. The minimum Gasteiger partial charge on any atom is -0.459 e. The number of dihydropyridines is 1. The van der Waals surface area contributed by atoms with Gasteiger partial charge in [0.05, 0.1) is 5.57 Å². The van der Waals surface area contributed by atoms with Crippen LogP contribution in [0.2, 0.25) is 5.02 Å². The number of esters is 1. The van der Waals surface area contributed by atoms with Gasteiger partial charge in [-0.25, -0.2) is 4.79 Å². The number of ketones is 1. The van der Waals surface area contributed by atoms with Crippen molar-refractivity contribution in [2.24, 2.45) is 0 Å². The first-order chi connectivity index (χ1) is 13.1. The van der Waals surface area contributed by atoms with Crippen LogP contribution in [-0.4, -0.2) is 17.9 Å². The zero-order valence-corrected chi connectivity index (χ0v) is 16.3. The summed E-state index contributed by atoms with van der Waals surface area (Å²) in [5, 5.41) is 3.88. The number of Topliss-reactive ketones (excluding diaryl/α,β-unsaturated/α-hetero) is 1. The molecule has 2 aliphatic carbocycles. The summed E-state index contributed by atoms with van der Waals surface area (Å²) in [7, 11) is 0. The second-order valence-electron chi connectivity index (χ2n) is 7.60. The molecular weight excluding hydrogens is 362 g/mol. The number of benzene rings is 1. The van der Waals surface area contributed by atoms with E-state index in [1.807, 2.05) is 31.2 Å². The molecule has 1 heterocycles. The van der Waals surface area contributed by atoms with Crippen molar-refractivity contribution in [3.05, 3.63) is 57.4 Å². The third-order valence-corrected chi connectivity index (χ3v) is 6.13. The van der Waals surface area contributed by atoms with Crippen LogP contribution in [0.15, 0.2) is 46.8 Å². The SMILES string of the molecule is CC1=C(C(=O)OC2CCCC2)[C@@H](c2ccccc2Cl)C2=C(CCCC2=O)N1. The fourth-order valence-electron chi connectivity index (χ4n) is 4.50. The predicted octanol–water partition coefficient (Wildman–Crippen LogP) is 4.79. The fourth-order valence-corrected chi connectivity index (χ4v) is 4.74. The Kier molecular flexibility index (Phi) is 5.09. The molecular formula is C22H24ClNO3. The highest BCUT2D eigenvalue weighted by atomic mass is 35.5. The van der Waals surface area contributed by atoms with Crippen LogP contribution in [-0.2, 0) is 14.3 Å². The van der Waals surface area contributed by atoms with Gasteiger partial charge < -0.3 is 10.1 Å². The molecule has 0 amide bonds. The summed E-state index contributed by atoms with van der Waals surface area (Å²) in [6.07, 6.45) is 6.13. The van der Waals surface area contributed by atoms with Gasteiger partial charge in [-0.1, -0.05) is 29.8 Å². The van der Waals surface area contributed by atoms with Gasteiger partial charge >= 0.3 is 5.97 Å². The van der Waals surface area contributed by atoms with Gasteiger partial charge in [0.2, 0.25) is 0 Å². The summed E-state index contributed by atoms with van der Waals surface area (Å²) in [4.78, 5) is 26.0. The molecule has 1 aromatic rings. The van der Waals surface area contributed by atoms with Crippen LogP contribution in [0.3, 0.4) is 0 Å². The van der Waals surface area contributed by atoms with Crippen molar-refractivity contribution in [3.63, 3.8) is 0 Å². The topological polar surface area (TPSA) is 55.4 Å². The summed E-state index contributed by atoms with van der Waals surface area (Å²) < 4.78 is 5.81. The van der Waals surface area contributed by atoms with E-state index in [1.165, 1.54) is 0 Å². The Labute approximate surface area is 164 Å². The summed E-state index contributed by atoms with van der Waals surface area (Å²) in [6.45, 7) is 1.89. The van der Waals surface area contributed by atoms with E-state index < -0.39 is 5.92 Å². The van der Waals surface area contributed by atoms with Crippen molar-refractivity contribution in [1.29, 1.82) is 0 Å². The molecule has 3 aliphatic rings. The van der Waals surface area contributed by atoms with Gasteiger partial charge in [-0.15, -0.1) is 0 Å². The Morgan fingerprint density at radius 3 is 2.63 bits per heavy atom. The van der Waals surface area contributed by atoms with Crippen molar-refractivity contribution >= 4 is 23.4 Å². The van der Waals surface area contributed by atoms with Crippen LogP contribution >= 0.6 is 11.6 Å². The van der Waals surface area contributed by atoms with E-state index >= 15 is 0 Å². The maximum atomic E-state index is 13.1. The van der Waals surface area contributed by atoms with Gasteiger partial charge in [-0.05, 0) is 57.1 Å². The average Bonchev–Trinajstić information content (AvgIpc) is 3.14. The number of carbonyl (C=O) groups excluding carboxylic acids is 2. The molecule has 4 rings (SSSR count). The van der Waals surface area contributed by atoms with Gasteiger partial charge in [-0.3, -0.25) is 4.79 Å². The zero-order chi connectivity index (χ0) is 19.0. The van der Waals surface area contributed by atoms with Crippen LogP contribution < -0.4 is 5.32 Å². The minimum atomic E-state index is -0.461. The highest BCUT2D eigenvalue weighted by Gasteiger charge is 2.40. The molecule has 0 spiro atoms. The number of allylic oxidation sites excluding steroid dienone is 3. The molecule has 0 bridgehead atoms. The first-order valence-electron chi connectivity index (χ1n) is 9.75. The van der Waals surface area contributed by atoms with Gasteiger partial charge in [0.25, 0.3) is 0 Å². The number of halogens is 1. The number of nitrogens with one attached hydrogen (secondary N) is 1. The normalized spacial score (nSPS) is 23.3. The third-order valence-electron chi connectivity index (χ3n) is 5.79. The number of hydrogen-bond donors (Lipinski definition) is 1. The van der Waals surface area contributed by atoms with Crippen molar-refractivity contribution in [2.75, 3.05) is 0 Å². The van der Waals surface area contributed by atoms with Crippen molar-refractivity contribution in [1.82, 2.24) is 5.32 Å². The maximum absolute atomic E-state index is 13.1. The smallest absolute Gasteiger partial charge is 0.337 e. The maximum Gasteiger partial charge on any atom is 0.337 e. The highest BCUT2D eigenvalue weighted by Crippen LogP contribution is 2.44. The fraction of sp³-hybridized carbons (Fsp3) is 0.455. The lowest BCUT2D eigenvalue weighted by molar-refractivity contribution is -0.144. The van der Waals surface area contributed by atoms with E-state index in [2.05, 4.69) is 5.32 Å². The molecule has 0 radical (unpaired) electrons. The molecule has 142 valence electrons. The second-order valence-corrected chi connectivity index (χ2v) is 8.01. The lowest BCUT2D eigenvalue weighted by Gasteiger charge is -2.34. The summed E-state index contributed by atoms with van der Waals surface area (Å²) >= 11 is 6.50. The van der Waals surface area contributed by atoms with Gasteiger partial charge in [0, 0.05) is 34.3 Å². The van der Waals surface area contributed by atoms with E-state index in [4.69, 9.17) is 16.3 Å². The van der Waals surface area contributed by atoms with Crippen molar-refractivity contribution in [3.8, 4) is 0 Å². The van der Waals surface area contributed by atoms with E-state index in [9.17, 15) is 9.59 Å². The molecule has 0 saturated heterocycles. The monoisotopic (exact) mass is 385 g/mol. The molecule has 4 nitrogen and oxygen atoms in total. The molecule has 1 aliphatic heterocycles. The van der Waals surface area contributed by atoms with Crippen LogP contribution in [0.1, 0.15) is 63.4 Å². The number of carbonyl (C=O) groups is 2. The summed E-state index contributed by atoms with van der Waals surface area (Å²) in [5.74, 6) is -0.703. The van der Waals surface area contributed by atoms with Crippen LogP contribution in [0, 0.1) is 0 Å². The van der Waals surface area contributed by atoms with E-state index in [1.54, 1.807) is 0 Å². The molecule has 0 aromatic heterocycles. The largest absolute Gasteiger partial charge is 0.459 e. The quantitative estimate of drug-likeness (QED) is 0.760. The first-order valence-corrected chi connectivity index (χ1v) is 10.1. The molecule has 1 saturated carbocycles. The Bertz CT molecular complexity index is 849. The average molecular weight is 386 g/mol. The van der Waals surface area contributed by atoms with Gasteiger partial charge in [-0.2, -0.15) is 0 Å². The standard InChI is InChI=1S/C22H24ClNO3/c1-13-19(22(26)27-14-7-2-3-8-14)20(15-9-4-5-10-16(15)23)21-17(24-13)11-6-12-18(21)25/h4-5,9-10,14,20,24H,2-3,6-8,11-12H2,1H3/t20-/m1/s1. The summed E-state index contributed by atoms with van der Waals surface area (Å²) in [5.41, 5.74) is 3.67. The van der Waals surface area contributed by atoms with Gasteiger partial charge in [0.1, 0.15) is 6.10 Å². The zero-order valence-electron chi connectivity index (χ0n) is 15.5. The molecule has 1 N–H and O–H groups in total. The number of hydrogen-bond acceptors (Lipinski definition) is 4. The molecule has 1 atom stereocenters. The van der Waals surface area contributed by atoms with E-state index in [-0.39, 0.29) is 17.9 Å². The third kappa shape index (κ3) is 3.43. The lowest BCUT2D eigenvalue weighted by atomic mass is 9.75. The van der Waals surface area contributed by atoms with Crippen LogP contribution in [0.5, 0.6) is 0 Å². The molecule has 1 aromatic carbocycles. The predicted molar refractivity (Wildman–Crippen MR) is 104 cm³/mol. The van der Waals surface area contributed by atoms with Gasteiger partial charge in [0.15, 0.2) is 5.78 Å². The molecule has 27 heavy (non-hydrogen) atoms. The Hall–Kier alpha value is -2.07. The minimum absolute atomic E-state index is 0.0258. The Balaban J connectivity index is 1.78. The molecule has 5 heteroatoms. The highest BCUT2D eigenvalue weighted by molar-refractivity contribution is 6.31. The van der Waals surface area contributed by atoms with E-state index in [0.29, 0.717) is 22.6 Å². The second kappa shape index (κ2) is 7.51. The molecule has 0 unspecified atom stereocenters. The van der Waals surface area contributed by atoms with Crippen LogP contribution in [0.4, 0.5) is 0 Å². The Morgan fingerprint density at radius 2 is 1.89 bits per heavy atom. The lowest BCUT2D eigenvalue weighted by Crippen LogP contribution is -2.35.